The fourth-order valence-electron chi connectivity index (χ4n) is 15.9. The fourth-order valence-corrected chi connectivity index (χ4v) is 17.2. The SMILES string of the molecule is CC(C)(C)c1ccc(N2c3cccc4c3B(c3ccc5c(c3N4c3ccc(C(C)(C)C)cc3)c3cc(C(C)(C)C)cc4c6cc(C(C)(C)C)ccc6n5c43)c3sc4cc5c(cc4c32)-c2cc3c(cc2C5(C)C)C(C)(C)CC3(C)C)cc1. The quantitative estimate of drug-likeness (QED) is 0.160. The molecule has 0 radical (unpaired) electrons. The molecule has 3 nitrogen and oxygen atoms in total. The minimum Gasteiger partial charge on any atom is -0.311 e. The van der Waals surface area contributed by atoms with Gasteiger partial charge in [0.2, 0.25) is 0 Å². The van der Waals surface area contributed by atoms with Crippen LogP contribution in [0.3, 0.4) is 0 Å². The van der Waals surface area contributed by atoms with Crippen LogP contribution in [0.15, 0.2) is 133 Å². The summed E-state index contributed by atoms with van der Waals surface area (Å²) in [6.07, 6.45) is 1.16. The molecule has 2 aliphatic heterocycles. The van der Waals surface area contributed by atoms with E-state index in [1.807, 2.05) is 11.3 Å². The van der Waals surface area contributed by atoms with Gasteiger partial charge in [0.25, 0.3) is 6.71 Å². The topological polar surface area (TPSA) is 10.9 Å². The Balaban J connectivity index is 1.06. The number of fused-ring (bicyclic) bond motifs is 17. The van der Waals surface area contributed by atoms with Gasteiger partial charge in [-0.3, -0.25) is 0 Å². The standard InChI is InChI=1S/C76H78BN3S/c1-70(2,3)42-22-27-46(28-23-42)78-61-20-19-21-62-65(61)77(69-67(78)52-37-48-49-38-56-57(75(15,16)41-74(56,13)14)39-54(49)76(17,18)55(48)40-63(52)81-69)58-31-33-60-64(68(58)79(62)47-29-24-43(25-30-47)71(4,5)6)53-36-45(73(10,11)12)35-51-50-34-44(72(7,8)9)26-32-59(50)80(60)66(51)53/h19-40H,41H2,1-18H3. The summed E-state index contributed by atoms with van der Waals surface area (Å²) >= 11 is 2.04. The van der Waals surface area contributed by atoms with Gasteiger partial charge in [-0.15, -0.1) is 11.3 Å². The molecule has 2 aliphatic carbocycles. The van der Waals surface area contributed by atoms with E-state index in [4.69, 9.17) is 0 Å². The molecule has 15 rings (SSSR count). The molecule has 0 saturated heterocycles. The Kier molecular flexibility index (Phi) is 9.99. The Labute approximate surface area is 485 Å². The lowest BCUT2D eigenvalue weighted by Gasteiger charge is -2.43. The third-order valence-electron chi connectivity index (χ3n) is 20.1. The number of benzene rings is 8. The smallest absolute Gasteiger partial charge is 0.264 e. The van der Waals surface area contributed by atoms with Gasteiger partial charge in [-0.2, -0.15) is 0 Å². The van der Waals surface area contributed by atoms with Crippen molar-refractivity contribution in [2.75, 3.05) is 9.80 Å². The van der Waals surface area contributed by atoms with Crippen LogP contribution in [0.4, 0.5) is 34.1 Å². The molecule has 5 heterocycles. The zero-order chi connectivity index (χ0) is 56.9. The van der Waals surface area contributed by atoms with E-state index in [0.717, 1.165) is 6.42 Å². The molecule has 0 saturated carbocycles. The lowest BCUT2D eigenvalue weighted by Crippen LogP contribution is -2.60. The highest BCUT2D eigenvalue weighted by molar-refractivity contribution is 7.33. The van der Waals surface area contributed by atoms with E-state index in [9.17, 15) is 0 Å². The van der Waals surface area contributed by atoms with Crippen molar-refractivity contribution in [3.8, 4) is 11.1 Å². The van der Waals surface area contributed by atoms with Crippen molar-refractivity contribution in [3.05, 3.63) is 178 Å². The van der Waals surface area contributed by atoms with Crippen LogP contribution in [0.5, 0.6) is 0 Å². The van der Waals surface area contributed by atoms with Crippen molar-refractivity contribution in [1.82, 2.24) is 4.40 Å². The molecule has 0 amide bonds. The third-order valence-corrected chi connectivity index (χ3v) is 21.3. The largest absolute Gasteiger partial charge is 0.311 e. The Morgan fingerprint density at radius 1 is 0.444 bits per heavy atom. The zero-order valence-electron chi connectivity index (χ0n) is 51.2. The molecule has 81 heavy (non-hydrogen) atoms. The van der Waals surface area contributed by atoms with Crippen LogP contribution in [-0.4, -0.2) is 11.1 Å². The van der Waals surface area contributed by atoms with Gasteiger partial charge in [0.15, 0.2) is 0 Å². The van der Waals surface area contributed by atoms with Crippen molar-refractivity contribution >= 4 is 116 Å². The van der Waals surface area contributed by atoms with Gasteiger partial charge >= 0.3 is 0 Å². The molecule has 0 fully saturated rings. The average molecular weight is 1080 g/mol. The summed E-state index contributed by atoms with van der Waals surface area (Å²) in [5.74, 6) is 0. The highest BCUT2D eigenvalue weighted by Crippen LogP contribution is 2.59. The first-order chi connectivity index (χ1) is 37.9. The van der Waals surface area contributed by atoms with Crippen LogP contribution in [0, 0.1) is 0 Å². The van der Waals surface area contributed by atoms with E-state index < -0.39 is 0 Å². The first-order valence-corrected chi connectivity index (χ1v) is 30.8. The first-order valence-electron chi connectivity index (χ1n) is 30.0. The number of thiophene rings is 1. The normalized spacial score (nSPS) is 16.9. The van der Waals surface area contributed by atoms with Crippen LogP contribution in [0.25, 0.3) is 59.3 Å². The van der Waals surface area contributed by atoms with Gasteiger partial charge in [0, 0.05) is 64.6 Å². The number of hydrogen-bond donors (Lipinski definition) is 0. The van der Waals surface area contributed by atoms with E-state index in [-0.39, 0.29) is 44.6 Å². The molecule has 5 heteroatoms. The maximum absolute atomic E-state index is 2.67. The predicted molar refractivity (Wildman–Crippen MR) is 354 cm³/mol. The lowest BCUT2D eigenvalue weighted by atomic mass is 9.36. The summed E-state index contributed by atoms with van der Waals surface area (Å²) in [5, 5.41) is 6.68. The van der Waals surface area contributed by atoms with Crippen LogP contribution in [0.1, 0.15) is 176 Å². The zero-order valence-corrected chi connectivity index (χ0v) is 52.1. The van der Waals surface area contributed by atoms with E-state index in [0.29, 0.717) is 0 Å². The van der Waals surface area contributed by atoms with Gasteiger partial charge in [0.1, 0.15) is 0 Å². The number of rotatable bonds is 2. The second-order valence-electron chi connectivity index (χ2n) is 31.0. The second kappa shape index (κ2) is 15.8. The maximum Gasteiger partial charge on any atom is 0.264 e. The van der Waals surface area contributed by atoms with Crippen molar-refractivity contribution in [1.29, 1.82) is 0 Å². The second-order valence-corrected chi connectivity index (χ2v) is 32.1. The van der Waals surface area contributed by atoms with E-state index in [1.54, 1.807) is 0 Å². The van der Waals surface area contributed by atoms with Crippen molar-refractivity contribution in [2.45, 2.75) is 169 Å². The summed E-state index contributed by atoms with van der Waals surface area (Å²) in [6.45, 7) is 42.9. The molecule has 406 valence electrons. The van der Waals surface area contributed by atoms with Gasteiger partial charge < -0.3 is 14.2 Å². The monoisotopic (exact) mass is 1080 g/mol. The highest BCUT2D eigenvalue weighted by atomic mass is 32.1. The number of anilines is 6. The van der Waals surface area contributed by atoms with Gasteiger partial charge in [-0.1, -0.05) is 173 Å². The van der Waals surface area contributed by atoms with E-state index in [2.05, 4.69) is 272 Å². The molecular formula is C76H78BN3S. The van der Waals surface area contributed by atoms with E-state index >= 15 is 0 Å². The number of hydrogen-bond acceptors (Lipinski definition) is 3. The minimum absolute atomic E-state index is 0.0126. The third kappa shape index (κ3) is 6.94. The van der Waals surface area contributed by atoms with Crippen LogP contribution in [0.2, 0.25) is 0 Å². The summed E-state index contributed by atoms with van der Waals surface area (Å²) in [5.41, 5.74) is 28.3. The lowest BCUT2D eigenvalue weighted by molar-refractivity contribution is 0.403. The Bertz CT molecular complexity index is 4550. The first kappa shape index (κ1) is 51.1. The van der Waals surface area contributed by atoms with Crippen LogP contribution < -0.4 is 25.5 Å². The predicted octanol–water partition coefficient (Wildman–Crippen LogP) is 19.6. The molecule has 0 bridgehead atoms. The molecule has 0 N–H and O–H groups in total. The fraction of sp³-hybridized carbons (Fsp3) is 0.342. The van der Waals surface area contributed by atoms with Crippen molar-refractivity contribution in [3.63, 3.8) is 0 Å². The highest BCUT2D eigenvalue weighted by Gasteiger charge is 2.49. The van der Waals surface area contributed by atoms with Crippen LogP contribution in [-0.2, 0) is 37.9 Å². The average Bonchev–Trinajstić information content (AvgIpc) is 3.05. The van der Waals surface area contributed by atoms with Gasteiger partial charge in [-0.25, -0.2) is 0 Å². The molecule has 11 aromatic rings. The molecular weight excluding hydrogens is 998 g/mol. The van der Waals surface area contributed by atoms with Crippen LogP contribution >= 0.6 is 11.3 Å². The summed E-state index contributed by atoms with van der Waals surface area (Å²) in [6, 6.07) is 54.2. The van der Waals surface area contributed by atoms with E-state index in [1.165, 1.54) is 154 Å². The Morgan fingerprint density at radius 2 is 0.951 bits per heavy atom. The molecule has 3 aromatic heterocycles. The number of aromatic nitrogens is 1. The molecule has 0 spiro atoms. The number of nitrogens with zero attached hydrogens (tertiary/aromatic N) is 3. The Morgan fingerprint density at radius 3 is 1.54 bits per heavy atom. The summed E-state index contributed by atoms with van der Waals surface area (Å²) in [4.78, 5) is 5.34. The molecule has 4 aliphatic rings. The molecule has 0 unspecified atom stereocenters. The summed E-state index contributed by atoms with van der Waals surface area (Å²) < 4.78 is 5.39. The Hall–Kier alpha value is -6.82. The van der Waals surface area contributed by atoms with Gasteiger partial charge in [-0.05, 0) is 190 Å². The summed E-state index contributed by atoms with van der Waals surface area (Å²) in [7, 11) is 0. The van der Waals surface area contributed by atoms with Crippen molar-refractivity contribution < 1.29 is 0 Å². The molecule has 0 atom stereocenters. The maximum atomic E-state index is 2.67. The minimum atomic E-state index is -0.150. The van der Waals surface area contributed by atoms with Gasteiger partial charge in [0.05, 0.1) is 27.9 Å². The molecule has 8 aromatic carbocycles. The van der Waals surface area contributed by atoms with Crippen molar-refractivity contribution in [2.24, 2.45) is 0 Å².